The van der Waals surface area contributed by atoms with Gasteiger partial charge >= 0.3 is 11.9 Å². The topological polar surface area (TPSA) is 148 Å². The van der Waals surface area contributed by atoms with Crippen LogP contribution in [-0.2, 0) is 28.9 Å². The average molecular weight is 474 g/mol. The third-order valence-electron chi connectivity index (χ3n) is 4.47. The monoisotopic (exact) mass is 473 g/mol. The zero-order valence-electron chi connectivity index (χ0n) is 16.8. The fraction of sp³-hybridized carbons (Fsp3) is 0.421. The minimum atomic E-state index is -3.96. The van der Waals surface area contributed by atoms with Gasteiger partial charge in [0.05, 0.1) is 5.75 Å². The Kier molecular flexibility index (Phi) is 5.70. The summed E-state index contributed by atoms with van der Waals surface area (Å²) in [5.74, 6) is -4.27. The number of phenols is 2. The summed E-state index contributed by atoms with van der Waals surface area (Å²) in [6.45, 7) is 4.13. The minimum absolute atomic E-state index is 0.158. The lowest BCUT2D eigenvalue weighted by atomic mass is 10.1. The highest BCUT2D eigenvalue weighted by atomic mass is 35.5. The Bertz CT molecular complexity index is 1100. The first kappa shape index (κ1) is 22.9. The van der Waals surface area contributed by atoms with E-state index in [0.29, 0.717) is 0 Å². The molecule has 0 saturated carbocycles. The summed E-state index contributed by atoms with van der Waals surface area (Å²) >= 11 is 5.87. The number of β-lactam (4-membered cyclic amide) rings is 1. The fourth-order valence-corrected chi connectivity index (χ4v) is 5.75. The molecule has 3 rings (SSSR count). The molecule has 168 valence electrons. The van der Waals surface area contributed by atoms with Crippen molar-refractivity contribution in [2.24, 2.45) is 0 Å². The second-order valence-electron chi connectivity index (χ2n) is 8.04. The molecule has 31 heavy (non-hydrogen) atoms. The Balaban J connectivity index is 1.95. The van der Waals surface area contributed by atoms with Crippen LogP contribution in [0.25, 0.3) is 0 Å². The van der Waals surface area contributed by atoms with E-state index in [1.165, 1.54) is 0 Å². The average Bonchev–Trinajstić information content (AvgIpc) is 2.62. The van der Waals surface area contributed by atoms with Crippen molar-refractivity contribution < 1.29 is 42.5 Å². The van der Waals surface area contributed by atoms with Crippen LogP contribution in [0, 0.1) is 0 Å². The Morgan fingerprint density at radius 2 is 1.87 bits per heavy atom. The summed E-state index contributed by atoms with van der Waals surface area (Å²) in [7, 11) is -3.96. The van der Waals surface area contributed by atoms with Crippen LogP contribution in [0.5, 0.6) is 11.5 Å². The number of esters is 2. The van der Waals surface area contributed by atoms with Gasteiger partial charge in [-0.15, -0.1) is 11.6 Å². The second kappa shape index (κ2) is 7.72. The summed E-state index contributed by atoms with van der Waals surface area (Å²) in [5, 5.41) is 16.4. The largest absolute Gasteiger partial charge is 0.508 e. The van der Waals surface area contributed by atoms with E-state index in [0.717, 1.165) is 23.1 Å². The van der Waals surface area contributed by atoms with E-state index >= 15 is 0 Å². The highest BCUT2D eigenvalue weighted by molar-refractivity contribution is 7.92. The van der Waals surface area contributed by atoms with Crippen molar-refractivity contribution in [2.45, 2.75) is 37.1 Å². The molecular formula is C19H20ClNO9S. The maximum atomic E-state index is 12.8. The van der Waals surface area contributed by atoms with Gasteiger partial charge in [0.25, 0.3) is 0 Å². The summed E-state index contributed by atoms with van der Waals surface area (Å²) in [5.41, 5.74) is -1.72. The lowest BCUT2D eigenvalue weighted by molar-refractivity contribution is -0.157. The maximum Gasteiger partial charge on any atom is 0.355 e. The van der Waals surface area contributed by atoms with E-state index in [2.05, 4.69) is 0 Å². The molecule has 0 spiro atoms. The number of sulfone groups is 1. The number of carbonyl (C=O) groups excluding carboxylic acids is 3. The van der Waals surface area contributed by atoms with Crippen molar-refractivity contribution in [3.05, 3.63) is 35.0 Å². The van der Waals surface area contributed by atoms with Crippen LogP contribution in [0.15, 0.2) is 29.5 Å². The number of ether oxygens (including phenoxy) is 2. The van der Waals surface area contributed by atoms with Gasteiger partial charge in [-0.25, -0.2) is 18.0 Å². The molecule has 2 aliphatic heterocycles. The Labute approximate surface area is 182 Å². The molecule has 10 nitrogen and oxygen atoms in total. The molecule has 2 heterocycles. The molecule has 12 heteroatoms. The summed E-state index contributed by atoms with van der Waals surface area (Å²) in [6.07, 6.45) is 0. The number of benzene rings is 1. The first-order valence-corrected chi connectivity index (χ1v) is 11.2. The van der Waals surface area contributed by atoms with Crippen molar-refractivity contribution in [1.29, 1.82) is 0 Å². The maximum absolute atomic E-state index is 12.8. The second-order valence-corrected chi connectivity index (χ2v) is 10.6. The van der Waals surface area contributed by atoms with Gasteiger partial charge in [-0.3, -0.25) is 9.69 Å². The van der Waals surface area contributed by atoms with Gasteiger partial charge in [0, 0.05) is 11.6 Å². The van der Waals surface area contributed by atoms with Crippen LogP contribution < -0.4 is 0 Å². The van der Waals surface area contributed by atoms with E-state index in [1.807, 2.05) is 0 Å². The number of aromatic hydroxyl groups is 2. The van der Waals surface area contributed by atoms with Gasteiger partial charge in [-0.2, -0.15) is 0 Å². The first-order chi connectivity index (χ1) is 14.2. The molecule has 2 N–H and O–H groups in total. The van der Waals surface area contributed by atoms with Gasteiger partial charge in [0.15, 0.2) is 15.2 Å². The first-order valence-electron chi connectivity index (χ1n) is 9.06. The van der Waals surface area contributed by atoms with Gasteiger partial charge in [0.1, 0.15) is 40.3 Å². The number of phenolic OH excluding ortho intramolecular Hbond substituents is 2. The molecule has 0 aliphatic carbocycles. The zero-order chi connectivity index (χ0) is 23.3. The fourth-order valence-electron chi connectivity index (χ4n) is 3.18. The smallest absolute Gasteiger partial charge is 0.355 e. The van der Waals surface area contributed by atoms with Crippen molar-refractivity contribution in [3.63, 3.8) is 0 Å². The number of halogens is 1. The summed E-state index contributed by atoms with van der Waals surface area (Å²) in [6, 6.07) is 3.19. The van der Waals surface area contributed by atoms with Gasteiger partial charge in [-0.1, -0.05) is 0 Å². The quantitative estimate of drug-likeness (QED) is 0.372. The van der Waals surface area contributed by atoms with Crippen molar-refractivity contribution in [2.75, 3.05) is 12.4 Å². The number of carbonyl (C=O) groups is 3. The van der Waals surface area contributed by atoms with Crippen LogP contribution >= 0.6 is 11.6 Å². The molecule has 1 aromatic carbocycles. The molecule has 2 aliphatic rings. The highest BCUT2D eigenvalue weighted by Crippen LogP contribution is 2.40. The Morgan fingerprint density at radius 1 is 1.23 bits per heavy atom. The minimum Gasteiger partial charge on any atom is -0.508 e. The van der Waals surface area contributed by atoms with E-state index in [4.69, 9.17) is 21.1 Å². The molecule has 1 unspecified atom stereocenters. The molecule has 1 aromatic rings. The molecule has 0 radical (unpaired) electrons. The van der Waals surface area contributed by atoms with Crippen LogP contribution in [0.3, 0.4) is 0 Å². The van der Waals surface area contributed by atoms with Crippen LogP contribution in [0.1, 0.15) is 31.1 Å². The van der Waals surface area contributed by atoms with Crippen molar-refractivity contribution in [1.82, 2.24) is 4.90 Å². The van der Waals surface area contributed by atoms with E-state index in [1.54, 1.807) is 20.8 Å². The van der Waals surface area contributed by atoms with Gasteiger partial charge < -0.3 is 19.7 Å². The SMILES string of the molecule is CC(C)(C)OC(=O)C1=C(COC(=O)c2ccc(O)cc2O)CS(=O)(=O)C2[C@@H](Cl)C(=O)N12. The molecule has 1 fully saturated rings. The Morgan fingerprint density at radius 3 is 2.45 bits per heavy atom. The standard InChI is InChI=1S/C19H20ClNO9S/c1-19(2,3)30-18(26)14-9(8-31(27,28)16-13(20)15(24)21(14)16)7-29-17(25)11-5-4-10(22)6-12(11)23/h4-6,13,16,22-23H,7-8H2,1-3H3/t13-,16?/m0/s1. The normalized spacial score (nSPS) is 22.5. The van der Waals surface area contributed by atoms with Gasteiger partial charge in [0.2, 0.25) is 5.91 Å². The van der Waals surface area contributed by atoms with Crippen molar-refractivity contribution in [3.8, 4) is 11.5 Å². The molecular weight excluding hydrogens is 454 g/mol. The van der Waals surface area contributed by atoms with E-state index in [-0.39, 0.29) is 22.6 Å². The lowest BCUT2D eigenvalue weighted by Crippen LogP contribution is -2.68. The number of nitrogens with zero attached hydrogens (tertiary/aromatic N) is 1. The predicted molar refractivity (Wildman–Crippen MR) is 107 cm³/mol. The number of fused-ring (bicyclic) bond motifs is 1. The molecule has 0 aromatic heterocycles. The molecule has 2 atom stereocenters. The number of hydrogen-bond donors (Lipinski definition) is 2. The number of rotatable bonds is 4. The third-order valence-corrected chi connectivity index (χ3v) is 7.01. The third kappa shape index (κ3) is 4.33. The van der Waals surface area contributed by atoms with Crippen LogP contribution in [0.2, 0.25) is 0 Å². The predicted octanol–water partition coefficient (Wildman–Crippen LogP) is 1.05. The van der Waals surface area contributed by atoms with E-state index < -0.39 is 62.1 Å². The van der Waals surface area contributed by atoms with Crippen LogP contribution in [0.4, 0.5) is 0 Å². The van der Waals surface area contributed by atoms with E-state index in [9.17, 15) is 33.0 Å². The highest BCUT2D eigenvalue weighted by Gasteiger charge is 2.59. The number of amides is 1. The van der Waals surface area contributed by atoms with Gasteiger partial charge in [-0.05, 0) is 32.9 Å². The number of hydrogen-bond acceptors (Lipinski definition) is 9. The lowest BCUT2D eigenvalue weighted by Gasteiger charge is -2.47. The van der Waals surface area contributed by atoms with Crippen molar-refractivity contribution >= 4 is 39.3 Å². The molecule has 1 amide bonds. The Hall–Kier alpha value is -2.79. The summed E-state index contributed by atoms with van der Waals surface area (Å²) in [4.78, 5) is 38.1. The zero-order valence-corrected chi connectivity index (χ0v) is 18.4. The number of alkyl halides is 1. The molecule has 1 saturated heterocycles. The summed E-state index contributed by atoms with van der Waals surface area (Å²) < 4.78 is 35.6. The molecule has 0 bridgehead atoms. The van der Waals surface area contributed by atoms with Crippen LogP contribution in [-0.4, -0.2) is 70.1 Å².